The van der Waals surface area contributed by atoms with Crippen LogP contribution in [0.15, 0.2) is 35.2 Å². The van der Waals surface area contributed by atoms with E-state index in [-0.39, 0.29) is 16.3 Å². The average molecular weight is 336 g/mol. The molecule has 0 aliphatic heterocycles. The number of sulfone groups is 1. The zero-order valence-electron chi connectivity index (χ0n) is 10.4. The molecule has 0 amide bonds. The second-order valence-corrected chi connectivity index (χ2v) is 6.65. The van der Waals surface area contributed by atoms with Gasteiger partial charge in [0.25, 0.3) is 0 Å². The maximum Gasteiger partial charge on any atom is 0.188 e. The minimum Gasteiger partial charge on any atom is -0.399 e. The number of anilines is 1. The lowest BCUT2D eigenvalue weighted by Gasteiger charge is -2.08. The molecule has 0 heterocycles. The summed E-state index contributed by atoms with van der Waals surface area (Å²) >= 11 is 5.54. The summed E-state index contributed by atoms with van der Waals surface area (Å²) < 4.78 is 64.5. The predicted molar refractivity (Wildman–Crippen MR) is 73.1 cm³/mol. The van der Waals surface area contributed by atoms with Gasteiger partial charge in [-0.3, -0.25) is 0 Å². The summed E-state index contributed by atoms with van der Waals surface area (Å²) in [5.74, 6) is -3.99. The van der Waals surface area contributed by atoms with Crippen molar-refractivity contribution in [2.24, 2.45) is 0 Å². The number of hydrogen-bond acceptors (Lipinski definition) is 3. The van der Waals surface area contributed by atoms with Gasteiger partial charge in [-0.1, -0.05) is 17.7 Å². The average Bonchev–Trinajstić information content (AvgIpc) is 2.31. The third-order valence-electron chi connectivity index (χ3n) is 2.67. The van der Waals surface area contributed by atoms with E-state index < -0.39 is 37.9 Å². The molecule has 0 spiro atoms. The Kier molecular flexibility index (Phi) is 4.15. The van der Waals surface area contributed by atoms with Crippen molar-refractivity contribution in [3.63, 3.8) is 0 Å². The topological polar surface area (TPSA) is 60.2 Å². The minimum atomic E-state index is -4.31. The molecule has 0 radical (unpaired) electrons. The Balaban J connectivity index is 2.46. The molecule has 0 aromatic heterocycles. The summed E-state index contributed by atoms with van der Waals surface area (Å²) in [6, 6.07) is 4.66. The highest BCUT2D eigenvalue weighted by Crippen LogP contribution is 2.26. The Hall–Kier alpha value is -1.73. The molecule has 21 heavy (non-hydrogen) atoms. The minimum absolute atomic E-state index is 0.108. The molecule has 0 unspecified atom stereocenters. The van der Waals surface area contributed by atoms with Crippen LogP contribution in [0.2, 0.25) is 5.02 Å². The summed E-state index contributed by atoms with van der Waals surface area (Å²) in [6.45, 7) is 0. The van der Waals surface area contributed by atoms with Gasteiger partial charge in [-0.25, -0.2) is 21.6 Å². The number of benzene rings is 2. The molecule has 2 N–H and O–H groups in total. The lowest BCUT2D eigenvalue weighted by Crippen LogP contribution is -2.10. The molecule has 0 atom stereocenters. The first-order chi connectivity index (χ1) is 9.70. The van der Waals surface area contributed by atoms with Crippen molar-refractivity contribution in [1.82, 2.24) is 0 Å². The van der Waals surface area contributed by atoms with Crippen LogP contribution in [0.4, 0.5) is 18.9 Å². The smallest absolute Gasteiger partial charge is 0.188 e. The Labute approximate surface area is 124 Å². The van der Waals surface area contributed by atoms with Crippen molar-refractivity contribution in [3.05, 3.63) is 58.4 Å². The summed E-state index contributed by atoms with van der Waals surface area (Å²) in [5.41, 5.74) is 5.11. The number of rotatable bonds is 3. The zero-order valence-corrected chi connectivity index (χ0v) is 12.0. The molecule has 0 aliphatic rings. The molecule has 2 aromatic rings. The van der Waals surface area contributed by atoms with Crippen molar-refractivity contribution in [1.29, 1.82) is 0 Å². The van der Waals surface area contributed by atoms with E-state index in [9.17, 15) is 21.6 Å². The molecule has 8 heteroatoms. The van der Waals surface area contributed by atoms with Crippen LogP contribution in [0.25, 0.3) is 0 Å². The number of nitrogens with two attached hydrogens (primary N) is 1. The molecular weight excluding hydrogens is 327 g/mol. The van der Waals surface area contributed by atoms with Crippen LogP contribution < -0.4 is 5.73 Å². The molecule has 112 valence electrons. The van der Waals surface area contributed by atoms with Gasteiger partial charge in [0.2, 0.25) is 0 Å². The van der Waals surface area contributed by atoms with Gasteiger partial charge in [0.1, 0.15) is 22.3 Å². The quantitative estimate of drug-likeness (QED) is 0.875. The van der Waals surface area contributed by atoms with Gasteiger partial charge in [0, 0.05) is 5.69 Å². The van der Waals surface area contributed by atoms with E-state index in [4.69, 9.17) is 17.3 Å². The van der Waals surface area contributed by atoms with Crippen LogP contribution in [0.5, 0.6) is 0 Å². The molecule has 0 fully saturated rings. The molecule has 0 aliphatic carbocycles. The highest BCUT2D eigenvalue weighted by molar-refractivity contribution is 7.90. The number of halogens is 4. The van der Waals surface area contributed by atoms with E-state index >= 15 is 0 Å². The van der Waals surface area contributed by atoms with Crippen LogP contribution in [-0.2, 0) is 15.6 Å². The van der Waals surface area contributed by atoms with Crippen molar-refractivity contribution < 1.29 is 21.6 Å². The number of hydrogen-bond donors (Lipinski definition) is 1. The molecule has 2 aromatic carbocycles. The van der Waals surface area contributed by atoms with Crippen LogP contribution in [-0.4, -0.2) is 8.42 Å². The van der Waals surface area contributed by atoms with Gasteiger partial charge < -0.3 is 5.73 Å². The first-order valence-electron chi connectivity index (χ1n) is 5.62. The van der Waals surface area contributed by atoms with Crippen LogP contribution in [0, 0.1) is 17.5 Å². The molecule has 3 nitrogen and oxygen atoms in total. The molecular formula is C13H9ClF3NO2S. The van der Waals surface area contributed by atoms with Gasteiger partial charge in [0.15, 0.2) is 9.84 Å². The molecule has 0 saturated carbocycles. The normalized spacial score (nSPS) is 11.6. The summed E-state index contributed by atoms with van der Waals surface area (Å²) in [5, 5.41) is -0.277. The first-order valence-corrected chi connectivity index (χ1v) is 7.65. The Morgan fingerprint density at radius 3 is 2.10 bits per heavy atom. The highest BCUT2D eigenvalue weighted by Gasteiger charge is 2.25. The lowest BCUT2D eigenvalue weighted by atomic mass is 10.2. The predicted octanol–water partition coefficient (Wildman–Crippen LogP) is 3.31. The van der Waals surface area contributed by atoms with Crippen molar-refractivity contribution in [2.75, 3.05) is 5.73 Å². The third kappa shape index (κ3) is 3.30. The van der Waals surface area contributed by atoms with E-state index in [2.05, 4.69) is 0 Å². The van der Waals surface area contributed by atoms with E-state index in [1.807, 2.05) is 0 Å². The van der Waals surface area contributed by atoms with E-state index in [0.717, 1.165) is 12.1 Å². The van der Waals surface area contributed by atoms with Crippen LogP contribution in [0.3, 0.4) is 0 Å². The maximum absolute atomic E-state index is 13.7. The highest BCUT2D eigenvalue weighted by atomic mass is 35.5. The lowest BCUT2D eigenvalue weighted by molar-refractivity contribution is 0.520. The first kappa shape index (κ1) is 15.7. The molecule has 0 saturated heterocycles. The summed E-state index contributed by atoms with van der Waals surface area (Å²) in [7, 11) is -4.31. The molecule has 0 bridgehead atoms. The SMILES string of the molecule is Nc1cc(F)c(S(=O)(=O)Cc2ccc(F)c(Cl)c2)c(F)c1. The zero-order chi connectivity index (χ0) is 15.8. The Morgan fingerprint density at radius 1 is 1.00 bits per heavy atom. The fourth-order valence-electron chi connectivity index (χ4n) is 1.80. The standard InChI is InChI=1S/C13H9ClF3NO2S/c14-9-3-7(1-2-10(9)15)6-21(19,20)13-11(16)4-8(18)5-12(13)17/h1-5H,6,18H2. The van der Waals surface area contributed by atoms with E-state index in [1.165, 1.54) is 6.07 Å². The van der Waals surface area contributed by atoms with Crippen LogP contribution >= 0.6 is 11.6 Å². The fourth-order valence-corrected chi connectivity index (χ4v) is 3.48. The third-order valence-corrected chi connectivity index (χ3v) is 4.69. The summed E-state index contributed by atoms with van der Waals surface area (Å²) in [4.78, 5) is -1.07. The monoisotopic (exact) mass is 335 g/mol. The van der Waals surface area contributed by atoms with Gasteiger partial charge >= 0.3 is 0 Å². The Bertz CT molecular complexity index is 786. The van der Waals surface area contributed by atoms with E-state index in [0.29, 0.717) is 12.1 Å². The van der Waals surface area contributed by atoms with Crippen molar-refractivity contribution in [2.45, 2.75) is 10.6 Å². The van der Waals surface area contributed by atoms with Gasteiger partial charge in [0.05, 0.1) is 10.8 Å². The van der Waals surface area contributed by atoms with Crippen molar-refractivity contribution >= 4 is 27.1 Å². The molecule has 2 rings (SSSR count). The second-order valence-electron chi connectivity index (χ2n) is 4.32. The maximum atomic E-state index is 13.7. The Morgan fingerprint density at radius 2 is 1.57 bits per heavy atom. The second kappa shape index (κ2) is 5.57. The number of nitrogen functional groups attached to an aromatic ring is 1. The van der Waals surface area contributed by atoms with Gasteiger partial charge in [-0.2, -0.15) is 0 Å². The van der Waals surface area contributed by atoms with Gasteiger partial charge in [-0.15, -0.1) is 0 Å². The largest absolute Gasteiger partial charge is 0.399 e. The van der Waals surface area contributed by atoms with Gasteiger partial charge in [-0.05, 0) is 29.8 Å². The van der Waals surface area contributed by atoms with Crippen LogP contribution in [0.1, 0.15) is 5.56 Å². The fraction of sp³-hybridized carbons (Fsp3) is 0.0769. The van der Waals surface area contributed by atoms with Crippen molar-refractivity contribution in [3.8, 4) is 0 Å². The summed E-state index contributed by atoms with van der Waals surface area (Å²) in [6.07, 6.45) is 0. The van der Waals surface area contributed by atoms with E-state index in [1.54, 1.807) is 0 Å².